The number of allylic oxidation sites excluding steroid dienone is 1. The average molecular weight is 435 g/mol. The van der Waals surface area contributed by atoms with E-state index >= 15 is 0 Å². The van der Waals surface area contributed by atoms with Gasteiger partial charge in [-0.2, -0.15) is 0 Å². The molecule has 0 fully saturated rings. The number of hydrogen-bond acceptors (Lipinski definition) is 7. The molecule has 1 aliphatic rings. The van der Waals surface area contributed by atoms with Crippen LogP contribution in [-0.4, -0.2) is 48.9 Å². The summed E-state index contributed by atoms with van der Waals surface area (Å²) in [4.78, 5) is 12.1. The summed E-state index contributed by atoms with van der Waals surface area (Å²) < 4.78 is 33.0. The van der Waals surface area contributed by atoms with Gasteiger partial charge in [0.2, 0.25) is 11.5 Å². The Balaban J connectivity index is 2.37. The van der Waals surface area contributed by atoms with Crippen LogP contribution in [-0.2, 0) is 4.79 Å². The van der Waals surface area contributed by atoms with Gasteiger partial charge in [0.25, 0.3) is 0 Å². The largest absolute Gasteiger partial charge is 0.493 e. The maximum Gasteiger partial charge on any atom is 0.203 e. The first-order valence-electron chi connectivity index (χ1n) is 8.99. The van der Waals surface area contributed by atoms with Crippen molar-refractivity contribution in [1.29, 1.82) is 0 Å². The van der Waals surface area contributed by atoms with Crippen molar-refractivity contribution in [3.63, 3.8) is 0 Å². The van der Waals surface area contributed by atoms with E-state index in [1.54, 1.807) is 18.2 Å². The van der Waals surface area contributed by atoms with Crippen molar-refractivity contribution in [2.75, 3.05) is 42.7 Å². The van der Waals surface area contributed by atoms with Crippen LogP contribution < -0.4 is 28.4 Å². The van der Waals surface area contributed by atoms with Crippen molar-refractivity contribution in [3.05, 3.63) is 40.5 Å². The summed E-state index contributed by atoms with van der Waals surface area (Å²) in [5.74, 6) is 2.12. The van der Waals surface area contributed by atoms with Gasteiger partial charge in [0.1, 0.15) is 6.29 Å². The monoisotopic (exact) mass is 434 g/mol. The smallest absolute Gasteiger partial charge is 0.203 e. The summed E-state index contributed by atoms with van der Waals surface area (Å²) in [6, 6.07) is 5.30. The highest BCUT2D eigenvalue weighted by Crippen LogP contribution is 2.56. The summed E-state index contributed by atoms with van der Waals surface area (Å²) >= 11 is 6.62. The van der Waals surface area contributed by atoms with E-state index in [0.29, 0.717) is 61.8 Å². The molecule has 0 saturated heterocycles. The van der Waals surface area contributed by atoms with E-state index in [4.69, 9.17) is 40.0 Å². The van der Waals surface area contributed by atoms with Gasteiger partial charge in [-0.05, 0) is 23.8 Å². The molecule has 2 aromatic rings. The first-order chi connectivity index (χ1) is 14.5. The Hall–Kier alpha value is -3.06. The summed E-state index contributed by atoms with van der Waals surface area (Å²) in [5, 5.41) is 0.318. The van der Waals surface area contributed by atoms with Gasteiger partial charge in [-0.1, -0.05) is 11.6 Å². The molecule has 2 aromatic carbocycles. The van der Waals surface area contributed by atoms with Crippen molar-refractivity contribution in [3.8, 4) is 34.5 Å². The zero-order chi connectivity index (χ0) is 22.0. The van der Waals surface area contributed by atoms with Gasteiger partial charge < -0.3 is 28.4 Å². The Morgan fingerprint density at radius 2 is 1.23 bits per heavy atom. The lowest BCUT2D eigenvalue weighted by Gasteiger charge is -2.22. The molecule has 0 heterocycles. The van der Waals surface area contributed by atoms with Crippen LogP contribution in [0.15, 0.2) is 23.8 Å². The van der Waals surface area contributed by atoms with E-state index in [1.165, 1.54) is 42.7 Å². The maximum atomic E-state index is 12.1. The highest BCUT2D eigenvalue weighted by Gasteiger charge is 2.38. The predicted molar refractivity (Wildman–Crippen MR) is 113 cm³/mol. The quantitative estimate of drug-likeness (QED) is 0.581. The Morgan fingerprint density at radius 3 is 1.67 bits per heavy atom. The third kappa shape index (κ3) is 3.19. The lowest BCUT2D eigenvalue weighted by Crippen LogP contribution is -2.08. The molecule has 0 spiro atoms. The molecule has 0 aromatic heterocycles. The summed E-state index contributed by atoms with van der Waals surface area (Å²) in [7, 11) is 9.15. The van der Waals surface area contributed by atoms with Gasteiger partial charge in [0.05, 0.1) is 47.7 Å². The normalized spacial score (nSPS) is 14.8. The number of methoxy groups -OCH3 is 6. The van der Waals surface area contributed by atoms with Crippen LogP contribution in [0.4, 0.5) is 0 Å². The first kappa shape index (κ1) is 21.6. The van der Waals surface area contributed by atoms with Gasteiger partial charge in [-0.25, -0.2) is 0 Å². The fourth-order valence-electron chi connectivity index (χ4n) is 3.82. The van der Waals surface area contributed by atoms with Crippen LogP contribution in [0, 0.1) is 0 Å². The zero-order valence-electron chi connectivity index (χ0n) is 17.6. The number of carbonyl (C=O) groups excluding carboxylic acids is 1. The Kier molecular flexibility index (Phi) is 6.31. The predicted octanol–water partition coefficient (Wildman–Crippen LogP) is 4.03. The van der Waals surface area contributed by atoms with Crippen LogP contribution >= 0.6 is 11.6 Å². The molecular formula is C22H23ClO7. The number of aldehydes is 1. The summed E-state index contributed by atoms with van der Waals surface area (Å²) in [6.45, 7) is 0. The van der Waals surface area contributed by atoms with E-state index in [-0.39, 0.29) is 0 Å². The highest BCUT2D eigenvalue weighted by atomic mass is 35.5. The number of carbonyl (C=O) groups is 1. The van der Waals surface area contributed by atoms with Crippen LogP contribution in [0.3, 0.4) is 0 Å². The fraction of sp³-hybridized carbons (Fsp3) is 0.318. The minimum atomic E-state index is -0.534. The second-order valence-electron chi connectivity index (χ2n) is 6.39. The number of hydrogen-bond donors (Lipinski definition) is 0. The van der Waals surface area contributed by atoms with Crippen molar-refractivity contribution in [1.82, 2.24) is 0 Å². The van der Waals surface area contributed by atoms with E-state index in [2.05, 4.69) is 0 Å². The molecule has 1 unspecified atom stereocenters. The Labute approximate surface area is 180 Å². The number of fused-ring (bicyclic) bond motifs is 1. The van der Waals surface area contributed by atoms with E-state index in [9.17, 15) is 4.79 Å². The van der Waals surface area contributed by atoms with Gasteiger partial charge in [0.15, 0.2) is 23.0 Å². The number of ether oxygens (including phenoxy) is 6. The average Bonchev–Trinajstić information content (AvgIpc) is 3.07. The summed E-state index contributed by atoms with van der Waals surface area (Å²) in [5.41, 5.74) is 2.42. The lowest BCUT2D eigenvalue weighted by molar-refractivity contribution is -0.105. The van der Waals surface area contributed by atoms with E-state index in [0.717, 1.165) is 6.29 Å². The van der Waals surface area contributed by atoms with Crippen molar-refractivity contribution < 1.29 is 33.2 Å². The standard InChI is InChI=1S/C22H23ClO7/c1-25-14-7-11(8-15(26-2)20(14)28-4)17-13(10-24)19(23)12-9-16(27-3)21(29-5)22(30-6)18(12)17/h7-10,17H,1-6H3. The van der Waals surface area contributed by atoms with Crippen LogP contribution in [0.1, 0.15) is 22.6 Å². The summed E-state index contributed by atoms with van der Waals surface area (Å²) in [6.07, 6.45) is 0.745. The van der Waals surface area contributed by atoms with Gasteiger partial charge in [-0.3, -0.25) is 4.79 Å². The van der Waals surface area contributed by atoms with Gasteiger partial charge in [0, 0.05) is 22.6 Å². The first-order valence-corrected chi connectivity index (χ1v) is 9.36. The molecule has 0 amide bonds. The fourth-order valence-corrected chi connectivity index (χ4v) is 4.13. The molecular weight excluding hydrogens is 412 g/mol. The Bertz CT molecular complexity index is 988. The second-order valence-corrected chi connectivity index (χ2v) is 6.76. The molecule has 0 radical (unpaired) electrons. The van der Waals surface area contributed by atoms with E-state index < -0.39 is 5.92 Å². The second kappa shape index (κ2) is 8.75. The van der Waals surface area contributed by atoms with Crippen molar-refractivity contribution in [2.24, 2.45) is 0 Å². The minimum absolute atomic E-state index is 0.318. The molecule has 1 aliphatic carbocycles. The number of rotatable bonds is 8. The van der Waals surface area contributed by atoms with E-state index in [1.807, 2.05) is 0 Å². The molecule has 8 heteroatoms. The van der Waals surface area contributed by atoms with Gasteiger partial charge in [-0.15, -0.1) is 0 Å². The van der Waals surface area contributed by atoms with Gasteiger partial charge >= 0.3 is 0 Å². The Morgan fingerprint density at radius 1 is 0.733 bits per heavy atom. The molecule has 0 saturated carbocycles. The lowest BCUT2D eigenvalue weighted by atomic mass is 9.87. The molecule has 30 heavy (non-hydrogen) atoms. The highest BCUT2D eigenvalue weighted by molar-refractivity contribution is 6.51. The zero-order valence-corrected chi connectivity index (χ0v) is 18.4. The molecule has 0 N–H and O–H groups in total. The third-order valence-corrected chi connectivity index (χ3v) is 5.53. The number of halogens is 1. The van der Waals surface area contributed by atoms with Crippen molar-refractivity contribution in [2.45, 2.75) is 5.92 Å². The molecule has 0 bridgehead atoms. The van der Waals surface area contributed by atoms with Crippen LogP contribution in [0.5, 0.6) is 34.5 Å². The van der Waals surface area contributed by atoms with Crippen LogP contribution in [0.25, 0.3) is 5.03 Å². The number of benzene rings is 2. The van der Waals surface area contributed by atoms with Crippen LogP contribution in [0.2, 0.25) is 0 Å². The minimum Gasteiger partial charge on any atom is -0.493 e. The molecule has 0 aliphatic heterocycles. The SMILES string of the molecule is COc1cc(C2C(C=O)=C(Cl)c3cc(OC)c(OC)c(OC)c32)cc(OC)c1OC. The molecule has 7 nitrogen and oxygen atoms in total. The topological polar surface area (TPSA) is 72.5 Å². The molecule has 160 valence electrons. The van der Waals surface area contributed by atoms with Crippen molar-refractivity contribution >= 4 is 22.9 Å². The third-order valence-electron chi connectivity index (χ3n) is 5.11. The molecule has 1 atom stereocenters. The molecule has 3 rings (SSSR count). The maximum absolute atomic E-state index is 12.1.